The minimum absolute atomic E-state index is 1.37. The summed E-state index contributed by atoms with van der Waals surface area (Å²) < 4.78 is 0. The van der Waals surface area contributed by atoms with E-state index in [-0.39, 0.29) is 0 Å². The lowest BCUT2D eigenvalue weighted by molar-refractivity contribution is 0.538. The summed E-state index contributed by atoms with van der Waals surface area (Å²) in [5, 5.41) is 0. The standard InChI is InChI=1S/C16H34.C3H4N2/c1-3-5-7-9-11-13-15-16-14-12-10-8-6-4-2;1-2-5-3-4-1/h3-16H2,1-2H3;1-3H,(H,4,5). The lowest BCUT2D eigenvalue weighted by Gasteiger charge is -2.02. The molecule has 1 heterocycles. The molecule has 0 spiro atoms. The number of imidazole rings is 1. The van der Waals surface area contributed by atoms with Crippen LogP contribution in [0.5, 0.6) is 0 Å². The van der Waals surface area contributed by atoms with E-state index in [1.54, 1.807) is 18.7 Å². The highest BCUT2D eigenvalue weighted by atomic mass is 14.8. The van der Waals surface area contributed by atoms with E-state index in [9.17, 15) is 0 Å². The van der Waals surface area contributed by atoms with Crippen molar-refractivity contribution in [1.82, 2.24) is 9.97 Å². The molecular formula is C19H38N2. The molecule has 1 N–H and O–H groups in total. The van der Waals surface area contributed by atoms with Gasteiger partial charge in [-0.3, -0.25) is 0 Å². The van der Waals surface area contributed by atoms with Crippen molar-refractivity contribution in [2.24, 2.45) is 0 Å². The van der Waals surface area contributed by atoms with E-state index in [0.717, 1.165) is 0 Å². The van der Waals surface area contributed by atoms with Crippen LogP contribution in [-0.2, 0) is 0 Å². The van der Waals surface area contributed by atoms with Crippen LogP contribution in [0.15, 0.2) is 18.7 Å². The van der Waals surface area contributed by atoms with Crippen LogP contribution in [0.4, 0.5) is 0 Å². The lowest BCUT2D eigenvalue weighted by Crippen LogP contribution is -1.82. The number of H-pyrrole nitrogens is 1. The maximum Gasteiger partial charge on any atom is 0.0919 e. The number of aromatic nitrogens is 2. The predicted octanol–water partition coefficient (Wildman–Crippen LogP) is 6.90. The largest absolute Gasteiger partial charge is 0.351 e. The third-order valence-electron chi connectivity index (χ3n) is 3.86. The zero-order chi connectivity index (χ0) is 15.4. The summed E-state index contributed by atoms with van der Waals surface area (Å²) in [6.45, 7) is 4.58. The number of aromatic amines is 1. The molecule has 0 fully saturated rings. The second-order valence-electron chi connectivity index (χ2n) is 6.00. The lowest BCUT2D eigenvalue weighted by atomic mass is 10.0. The smallest absolute Gasteiger partial charge is 0.0919 e. The van der Waals surface area contributed by atoms with Gasteiger partial charge in [-0.05, 0) is 0 Å². The molecule has 0 amide bonds. The third-order valence-corrected chi connectivity index (χ3v) is 3.86. The molecule has 0 bridgehead atoms. The van der Waals surface area contributed by atoms with E-state index >= 15 is 0 Å². The van der Waals surface area contributed by atoms with E-state index < -0.39 is 0 Å². The van der Waals surface area contributed by atoms with E-state index in [2.05, 4.69) is 23.8 Å². The summed E-state index contributed by atoms with van der Waals surface area (Å²) in [4.78, 5) is 6.42. The Bertz CT molecular complexity index is 213. The van der Waals surface area contributed by atoms with Gasteiger partial charge in [0.05, 0.1) is 6.33 Å². The fourth-order valence-electron chi connectivity index (χ4n) is 2.48. The number of nitrogens with one attached hydrogen (secondary N) is 1. The summed E-state index contributed by atoms with van der Waals surface area (Å²) >= 11 is 0. The molecule has 1 rings (SSSR count). The Labute approximate surface area is 133 Å². The van der Waals surface area contributed by atoms with Crippen LogP contribution in [0.25, 0.3) is 0 Å². The molecule has 124 valence electrons. The molecule has 0 saturated carbocycles. The summed E-state index contributed by atoms with van der Waals surface area (Å²) in [5.41, 5.74) is 0. The molecule has 0 aliphatic heterocycles. The van der Waals surface area contributed by atoms with Gasteiger partial charge < -0.3 is 4.98 Å². The number of hydrogen-bond donors (Lipinski definition) is 1. The first-order valence-corrected chi connectivity index (χ1v) is 9.34. The van der Waals surface area contributed by atoms with Crippen LogP contribution in [0, 0.1) is 0 Å². The maximum absolute atomic E-state index is 3.67. The molecule has 21 heavy (non-hydrogen) atoms. The quantitative estimate of drug-likeness (QED) is 0.394. The highest BCUT2D eigenvalue weighted by Crippen LogP contribution is 2.12. The molecule has 0 aliphatic carbocycles. The van der Waals surface area contributed by atoms with Gasteiger partial charge in [0.1, 0.15) is 0 Å². The van der Waals surface area contributed by atoms with Crippen molar-refractivity contribution in [3.05, 3.63) is 18.7 Å². The predicted molar refractivity (Wildman–Crippen MR) is 94.6 cm³/mol. The van der Waals surface area contributed by atoms with Crippen LogP contribution in [0.1, 0.15) is 104 Å². The van der Waals surface area contributed by atoms with Crippen LogP contribution in [0.2, 0.25) is 0 Å². The molecule has 0 atom stereocenters. The summed E-state index contributed by atoms with van der Waals surface area (Å²) in [7, 11) is 0. The summed E-state index contributed by atoms with van der Waals surface area (Å²) in [6, 6.07) is 0. The first kappa shape index (κ1) is 20.2. The van der Waals surface area contributed by atoms with Gasteiger partial charge in [-0.25, -0.2) is 4.98 Å². The van der Waals surface area contributed by atoms with Crippen molar-refractivity contribution in [2.45, 2.75) is 104 Å². The van der Waals surface area contributed by atoms with Crippen molar-refractivity contribution in [1.29, 1.82) is 0 Å². The number of unbranched alkanes of at least 4 members (excludes halogenated alkanes) is 13. The van der Waals surface area contributed by atoms with Crippen molar-refractivity contribution in [2.75, 3.05) is 0 Å². The Hall–Kier alpha value is -0.790. The fraction of sp³-hybridized carbons (Fsp3) is 0.842. The van der Waals surface area contributed by atoms with E-state index in [4.69, 9.17) is 0 Å². The molecule has 0 radical (unpaired) electrons. The minimum atomic E-state index is 1.37. The van der Waals surface area contributed by atoms with Gasteiger partial charge in [0.15, 0.2) is 0 Å². The van der Waals surface area contributed by atoms with E-state index in [1.165, 1.54) is 89.9 Å². The molecule has 2 heteroatoms. The van der Waals surface area contributed by atoms with Crippen LogP contribution in [-0.4, -0.2) is 9.97 Å². The van der Waals surface area contributed by atoms with Gasteiger partial charge in [-0.2, -0.15) is 0 Å². The molecule has 0 aromatic carbocycles. The normalized spacial score (nSPS) is 10.2. The average molecular weight is 295 g/mol. The second kappa shape index (κ2) is 19.2. The SMILES string of the molecule is CCCCCCCCCCCCCCCC.c1c[nH]cn1. The van der Waals surface area contributed by atoms with Gasteiger partial charge in [0.25, 0.3) is 0 Å². The van der Waals surface area contributed by atoms with Gasteiger partial charge >= 0.3 is 0 Å². The molecule has 1 aromatic rings. The molecule has 0 saturated heterocycles. The Kier molecular flexibility index (Phi) is 18.5. The van der Waals surface area contributed by atoms with Gasteiger partial charge in [-0.1, -0.05) is 104 Å². The van der Waals surface area contributed by atoms with Crippen molar-refractivity contribution in [3.8, 4) is 0 Å². The second-order valence-corrected chi connectivity index (χ2v) is 6.00. The monoisotopic (exact) mass is 294 g/mol. The molecule has 1 aromatic heterocycles. The Balaban J connectivity index is 0.000000662. The number of hydrogen-bond acceptors (Lipinski definition) is 1. The Morgan fingerprint density at radius 2 is 1.00 bits per heavy atom. The fourth-order valence-corrected chi connectivity index (χ4v) is 2.48. The van der Waals surface area contributed by atoms with Crippen LogP contribution >= 0.6 is 0 Å². The van der Waals surface area contributed by atoms with Crippen LogP contribution in [0.3, 0.4) is 0 Å². The van der Waals surface area contributed by atoms with E-state index in [0.29, 0.717) is 0 Å². The highest BCUT2D eigenvalue weighted by molar-refractivity contribution is 4.64. The zero-order valence-electron chi connectivity index (χ0n) is 14.6. The summed E-state index contributed by atoms with van der Waals surface area (Å²) in [5.74, 6) is 0. The van der Waals surface area contributed by atoms with E-state index in [1.807, 2.05) is 0 Å². The minimum Gasteiger partial charge on any atom is -0.351 e. The number of nitrogens with zero attached hydrogens (tertiary/aromatic N) is 1. The molecular weight excluding hydrogens is 256 g/mol. The molecule has 0 aliphatic rings. The maximum atomic E-state index is 3.67. The van der Waals surface area contributed by atoms with Crippen molar-refractivity contribution in [3.63, 3.8) is 0 Å². The highest BCUT2D eigenvalue weighted by Gasteiger charge is 1.92. The molecule has 0 unspecified atom stereocenters. The van der Waals surface area contributed by atoms with Crippen molar-refractivity contribution >= 4 is 0 Å². The topological polar surface area (TPSA) is 28.7 Å². The van der Waals surface area contributed by atoms with Gasteiger partial charge in [0.2, 0.25) is 0 Å². The Morgan fingerprint density at radius 3 is 1.19 bits per heavy atom. The first-order valence-electron chi connectivity index (χ1n) is 9.34. The van der Waals surface area contributed by atoms with Gasteiger partial charge in [0, 0.05) is 12.4 Å². The molecule has 2 nitrogen and oxygen atoms in total. The average Bonchev–Trinajstić information content (AvgIpc) is 3.08. The first-order chi connectivity index (χ1) is 10.4. The van der Waals surface area contributed by atoms with Crippen molar-refractivity contribution < 1.29 is 0 Å². The third kappa shape index (κ3) is 19.2. The van der Waals surface area contributed by atoms with Gasteiger partial charge in [-0.15, -0.1) is 0 Å². The summed E-state index contributed by atoms with van der Waals surface area (Å²) in [6.07, 6.45) is 25.5. The van der Waals surface area contributed by atoms with Crippen LogP contribution < -0.4 is 0 Å². The Morgan fingerprint density at radius 1 is 0.619 bits per heavy atom. The number of rotatable bonds is 13. The zero-order valence-corrected chi connectivity index (χ0v) is 14.6.